The van der Waals surface area contributed by atoms with Crippen molar-refractivity contribution >= 4 is 77.2 Å². The van der Waals surface area contributed by atoms with Crippen LogP contribution in [-0.4, -0.2) is 0 Å². The highest BCUT2D eigenvalue weighted by atomic mass is 15.1. The molecule has 0 aliphatic carbocycles. The first-order chi connectivity index (χ1) is 29.8. The first-order valence-corrected chi connectivity index (χ1v) is 20.6. The normalized spacial score (nSPS) is 11.3. The SMILES string of the molecule is c1ccc(-c2ccc(N(c3ccccc3)c3ccc4c(ccc5c6ccc(N(c7ccccc7)c7ccc(-c8ccccc8)cc7)cc6c6ccccc6c45)c3)cc2)cc1. The van der Waals surface area contributed by atoms with Crippen LogP contribution in [-0.2, 0) is 0 Å². The van der Waals surface area contributed by atoms with Gasteiger partial charge in [0, 0.05) is 34.1 Å². The number of rotatable bonds is 8. The van der Waals surface area contributed by atoms with Gasteiger partial charge in [0.05, 0.1) is 0 Å². The fourth-order valence-electron chi connectivity index (χ4n) is 8.95. The molecule has 0 unspecified atom stereocenters. The third-order valence-corrected chi connectivity index (χ3v) is 11.8. The number of anilines is 6. The molecule has 11 aromatic rings. The lowest BCUT2D eigenvalue weighted by molar-refractivity contribution is 1.29. The van der Waals surface area contributed by atoms with Crippen molar-refractivity contribution in [2.75, 3.05) is 9.80 Å². The monoisotopic (exact) mass is 764 g/mol. The number of para-hydroxylation sites is 2. The van der Waals surface area contributed by atoms with Crippen LogP contribution in [0.15, 0.2) is 243 Å². The summed E-state index contributed by atoms with van der Waals surface area (Å²) in [6.45, 7) is 0. The Morgan fingerprint density at radius 1 is 0.200 bits per heavy atom. The van der Waals surface area contributed by atoms with Crippen LogP contribution < -0.4 is 9.80 Å². The van der Waals surface area contributed by atoms with Gasteiger partial charge in [0.25, 0.3) is 0 Å². The van der Waals surface area contributed by atoms with E-state index in [-0.39, 0.29) is 0 Å². The van der Waals surface area contributed by atoms with Gasteiger partial charge in [-0.25, -0.2) is 0 Å². The second kappa shape index (κ2) is 15.1. The van der Waals surface area contributed by atoms with E-state index in [9.17, 15) is 0 Å². The standard InChI is InChI=1S/C58H40N2/c1-5-15-41(16-6-1)43-25-30-48(31-26-43)59(46-19-9-3-10-20-46)50-34-37-52-45(39-50)29-36-56-54-38-35-51(40-57(54)53-23-13-14-24-55(53)58(52)56)60(47-21-11-4-12-22-47)49-32-27-44(28-33-49)42-17-7-2-8-18-42/h1-40H. The van der Waals surface area contributed by atoms with Gasteiger partial charge in [-0.15, -0.1) is 0 Å². The molecule has 0 N–H and O–H groups in total. The molecule has 0 heterocycles. The van der Waals surface area contributed by atoms with E-state index < -0.39 is 0 Å². The second-order valence-electron chi connectivity index (χ2n) is 15.3. The van der Waals surface area contributed by atoms with Gasteiger partial charge in [0.2, 0.25) is 0 Å². The Morgan fingerprint density at radius 3 is 1.08 bits per heavy atom. The first-order valence-electron chi connectivity index (χ1n) is 20.6. The van der Waals surface area contributed by atoms with E-state index in [1.807, 2.05) is 0 Å². The summed E-state index contributed by atoms with van der Waals surface area (Å²) in [4.78, 5) is 4.72. The van der Waals surface area contributed by atoms with Gasteiger partial charge in [-0.05, 0) is 138 Å². The average molecular weight is 765 g/mol. The minimum absolute atomic E-state index is 1.11. The highest BCUT2D eigenvalue weighted by Gasteiger charge is 2.18. The molecule has 0 saturated carbocycles. The molecule has 0 spiro atoms. The van der Waals surface area contributed by atoms with Crippen molar-refractivity contribution < 1.29 is 0 Å². The minimum Gasteiger partial charge on any atom is -0.310 e. The Hall–Kier alpha value is -7.94. The van der Waals surface area contributed by atoms with Crippen molar-refractivity contribution in [2.45, 2.75) is 0 Å². The van der Waals surface area contributed by atoms with Crippen LogP contribution in [0.3, 0.4) is 0 Å². The lowest BCUT2D eigenvalue weighted by Gasteiger charge is -2.27. The van der Waals surface area contributed by atoms with Crippen LogP contribution in [0.1, 0.15) is 0 Å². The molecule has 0 aliphatic heterocycles. The molecule has 0 amide bonds. The quantitative estimate of drug-likeness (QED) is 0.142. The minimum atomic E-state index is 1.11. The maximum Gasteiger partial charge on any atom is 0.0468 e. The summed E-state index contributed by atoms with van der Waals surface area (Å²) in [5.74, 6) is 0. The Balaban J connectivity index is 1.04. The lowest BCUT2D eigenvalue weighted by Crippen LogP contribution is -2.10. The number of fused-ring (bicyclic) bond motifs is 8. The van der Waals surface area contributed by atoms with Crippen LogP contribution in [0.4, 0.5) is 34.1 Å². The van der Waals surface area contributed by atoms with E-state index in [0.29, 0.717) is 0 Å². The zero-order valence-corrected chi connectivity index (χ0v) is 33.0. The topological polar surface area (TPSA) is 6.48 Å². The smallest absolute Gasteiger partial charge is 0.0468 e. The highest BCUT2D eigenvalue weighted by Crippen LogP contribution is 2.44. The predicted octanol–water partition coefficient (Wildman–Crippen LogP) is 16.6. The summed E-state index contributed by atoms with van der Waals surface area (Å²) in [6.07, 6.45) is 0. The zero-order valence-electron chi connectivity index (χ0n) is 33.0. The molecule has 0 fully saturated rings. The van der Waals surface area contributed by atoms with E-state index in [1.165, 1.54) is 65.3 Å². The van der Waals surface area contributed by atoms with Crippen LogP contribution in [0, 0.1) is 0 Å². The molecule has 2 heteroatoms. The van der Waals surface area contributed by atoms with Gasteiger partial charge in [-0.1, -0.05) is 170 Å². The Labute approximate surface area is 350 Å². The third kappa shape index (κ3) is 6.32. The summed E-state index contributed by atoms with van der Waals surface area (Å²) in [7, 11) is 0. The molecule has 282 valence electrons. The van der Waals surface area contributed by atoms with Gasteiger partial charge >= 0.3 is 0 Å². The summed E-state index contributed by atoms with van der Waals surface area (Å²) in [5.41, 5.74) is 11.5. The van der Waals surface area contributed by atoms with Crippen LogP contribution in [0.2, 0.25) is 0 Å². The van der Waals surface area contributed by atoms with E-state index in [0.717, 1.165) is 34.1 Å². The van der Waals surface area contributed by atoms with Crippen LogP contribution in [0.25, 0.3) is 65.3 Å². The van der Waals surface area contributed by atoms with Gasteiger partial charge in [-0.3, -0.25) is 0 Å². The van der Waals surface area contributed by atoms with E-state index in [4.69, 9.17) is 0 Å². The summed E-state index contributed by atoms with van der Waals surface area (Å²) in [6, 6.07) is 87.8. The largest absolute Gasteiger partial charge is 0.310 e. The van der Waals surface area contributed by atoms with E-state index in [1.54, 1.807) is 0 Å². The molecule has 0 aromatic heterocycles. The van der Waals surface area contributed by atoms with Crippen molar-refractivity contribution in [1.82, 2.24) is 0 Å². The van der Waals surface area contributed by atoms with Crippen molar-refractivity contribution in [3.63, 3.8) is 0 Å². The van der Waals surface area contributed by atoms with Crippen molar-refractivity contribution in [2.24, 2.45) is 0 Å². The number of benzene rings is 11. The van der Waals surface area contributed by atoms with Gasteiger partial charge in [0.15, 0.2) is 0 Å². The fraction of sp³-hybridized carbons (Fsp3) is 0. The molecule has 11 rings (SSSR count). The van der Waals surface area contributed by atoms with E-state index in [2.05, 4.69) is 252 Å². The van der Waals surface area contributed by atoms with E-state index >= 15 is 0 Å². The molecular formula is C58H40N2. The van der Waals surface area contributed by atoms with Gasteiger partial charge in [-0.2, -0.15) is 0 Å². The average Bonchev–Trinajstić information content (AvgIpc) is 3.33. The molecule has 0 radical (unpaired) electrons. The summed E-state index contributed by atoms with van der Waals surface area (Å²) < 4.78 is 0. The van der Waals surface area contributed by atoms with Crippen LogP contribution in [0.5, 0.6) is 0 Å². The predicted molar refractivity (Wildman–Crippen MR) is 257 cm³/mol. The summed E-state index contributed by atoms with van der Waals surface area (Å²) in [5, 5.41) is 9.97. The Bertz CT molecular complexity index is 3250. The number of hydrogen-bond acceptors (Lipinski definition) is 2. The zero-order chi connectivity index (χ0) is 39.8. The molecule has 0 aliphatic rings. The molecule has 60 heavy (non-hydrogen) atoms. The maximum absolute atomic E-state index is 2.38. The molecule has 0 saturated heterocycles. The fourth-order valence-corrected chi connectivity index (χ4v) is 8.95. The maximum atomic E-state index is 2.38. The first kappa shape index (κ1) is 35.2. The number of hydrogen-bond donors (Lipinski definition) is 0. The van der Waals surface area contributed by atoms with Crippen LogP contribution >= 0.6 is 0 Å². The molecule has 0 bridgehead atoms. The van der Waals surface area contributed by atoms with Gasteiger partial charge < -0.3 is 9.80 Å². The third-order valence-electron chi connectivity index (χ3n) is 11.8. The number of nitrogens with zero attached hydrogens (tertiary/aromatic N) is 2. The Kier molecular flexibility index (Phi) is 8.87. The summed E-state index contributed by atoms with van der Waals surface area (Å²) >= 11 is 0. The molecule has 11 aromatic carbocycles. The molecule has 0 atom stereocenters. The highest BCUT2D eigenvalue weighted by molar-refractivity contribution is 6.31. The Morgan fingerprint density at radius 2 is 0.550 bits per heavy atom. The van der Waals surface area contributed by atoms with Gasteiger partial charge in [0.1, 0.15) is 0 Å². The molecule has 2 nitrogen and oxygen atoms in total. The van der Waals surface area contributed by atoms with Crippen molar-refractivity contribution in [1.29, 1.82) is 0 Å². The van der Waals surface area contributed by atoms with Crippen molar-refractivity contribution in [3.05, 3.63) is 243 Å². The lowest BCUT2D eigenvalue weighted by atomic mass is 9.90. The molecular weight excluding hydrogens is 725 g/mol. The second-order valence-corrected chi connectivity index (χ2v) is 15.3. The van der Waals surface area contributed by atoms with Crippen molar-refractivity contribution in [3.8, 4) is 22.3 Å².